The fraction of sp³-hybridized carbons (Fsp3) is 0.385. The van der Waals surface area contributed by atoms with Gasteiger partial charge < -0.3 is 14.6 Å². The predicted molar refractivity (Wildman–Crippen MR) is 79.3 cm³/mol. The number of anilines is 2. The second-order valence-electron chi connectivity index (χ2n) is 3.99. The molecule has 0 fully saturated rings. The third-order valence-corrected chi connectivity index (χ3v) is 3.23. The van der Waals surface area contributed by atoms with Crippen LogP contribution in [-0.2, 0) is 6.54 Å². The van der Waals surface area contributed by atoms with Crippen LogP contribution in [-0.4, -0.2) is 23.1 Å². The van der Waals surface area contributed by atoms with Crippen LogP contribution in [0.2, 0.25) is 0 Å². The molecule has 0 spiro atoms. The monoisotopic (exact) mass is 324 g/mol. The minimum Gasteiger partial charge on any atom is -0.467 e. The number of hydrogen-bond acceptors (Lipinski definition) is 5. The molecule has 0 saturated heterocycles. The number of nitrogens with one attached hydrogen (secondary N) is 1. The van der Waals surface area contributed by atoms with E-state index < -0.39 is 0 Å². The van der Waals surface area contributed by atoms with E-state index in [4.69, 9.17) is 4.42 Å². The highest BCUT2D eigenvalue weighted by Crippen LogP contribution is 2.25. The summed E-state index contributed by atoms with van der Waals surface area (Å²) in [6.07, 6.45) is 3.45. The molecule has 19 heavy (non-hydrogen) atoms. The quantitative estimate of drug-likeness (QED) is 0.883. The Labute approximate surface area is 121 Å². The van der Waals surface area contributed by atoms with Gasteiger partial charge in [0.15, 0.2) is 0 Å². The molecule has 102 valence electrons. The van der Waals surface area contributed by atoms with Gasteiger partial charge >= 0.3 is 0 Å². The zero-order chi connectivity index (χ0) is 13.7. The summed E-state index contributed by atoms with van der Waals surface area (Å²) >= 11 is 3.50. The largest absolute Gasteiger partial charge is 0.467 e. The lowest BCUT2D eigenvalue weighted by molar-refractivity contribution is 0.502. The Morgan fingerprint density at radius 1 is 1.42 bits per heavy atom. The normalized spacial score (nSPS) is 10.5. The Hall–Kier alpha value is -1.56. The molecule has 1 N–H and O–H groups in total. The van der Waals surface area contributed by atoms with Gasteiger partial charge in [-0.1, -0.05) is 0 Å². The molecule has 0 bridgehead atoms. The molecule has 2 aromatic heterocycles. The molecule has 0 saturated carbocycles. The molecule has 0 unspecified atom stereocenters. The summed E-state index contributed by atoms with van der Waals surface area (Å²) in [4.78, 5) is 10.9. The van der Waals surface area contributed by atoms with Crippen LogP contribution in [0.5, 0.6) is 0 Å². The average molecular weight is 325 g/mol. The number of nitrogens with zero attached hydrogens (tertiary/aromatic N) is 3. The van der Waals surface area contributed by atoms with E-state index in [2.05, 4.69) is 43.0 Å². The van der Waals surface area contributed by atoms with Gasteiger partial charge in [-0.3, -0.25) is 0 Å². The molecule has 0 aliphatic carbocycles. The Morgan fingerprint density at radius 3 is 2.89 bits per heavy atom. The van der Waals surface area contributed by atoms with Crippen molar-refractivity contribution in [1.82, 2.24) is 9.97 Å². The van der Waals surface area contributed by atoms with Crippen LogP contribution in [0, 0.1) is 0 Å². The Morgan fingerprint density at radius 2 is 2.26 bits per heavy atom. The van der Waals surface area contributed by atoms with Crippen LogP contribution in [0.4, 0.5) is 11.8 Å². The second kappa shape index (κ2) is 6.56. The molecular formula is C13H17BrN4O. The van der Waals surface area contributed by atoms with Gasteiger partial charge in [0.25, 0.3) is 0 Å². The fourth-order valence-electron chi connectivity index (χ4n) is 1.75. The van der Waals surface area contributed by atoms with Crippen molar-refractivity contribution in [2.24, 2.45) is 0 Å². The first kappa shape index (κ1) is 13.9. The summed E-state index contributed by atoms with van der Waals surface area (Å²) in [5.74, 6) is 2.42. The van der Waals surface area contributed by atoms with Crippen LogP contribution in [0.1, 0.15) is 19.6 Å². The summed E-state index contributed by atoms with van der Waals surface area (Å²) in [5, 5.41) is 3.12. The Bertz CT molecular complexity index is 515. The summed E-state index contributed by atoms with van der Waals surface area (Å²) < 4.78 is 6.27. The van der Waals surface area contributed by atoms with E-state index in [1.807, 2.05) is 19.1 Å². The van der Waals surface area contributed by atoms with Crippen LogP contribution in [0.25, 0.3) is 0 Å². The van der Waals surface area contributed by atoms with Crippen molar-refractivity contribution in [2.45, 2.75) is 20.4 Å². The fourth-order valence-corrected chi connectivity index (χ4v) is 2.19. The first-order valence-corrected chi connectivity index (χ1v) is 7.07. The van der Waals surface area contributed by atoms with Crippen LogP contribution < -0.4 is 10.2 Å². The Balaban J connectivity index is 2.23. The van der Waals surface area contributed by atoms with E-state index in [0.717, 1.165) is 29.1 Å². The first-order valence-electron chi connectivity index (χ1n) is 6.28. The number of hydrogen-bond donors (Lipinski definition) is 1. The maximum absolute atomic E-state index is 5.39. The van der Waals surface area contributed by atoms with Gasteiger partial charge in [-0.25, -0.2) is 4.98 Å². The van der Waals surface area contributed by atoms with Gasteiger partial charge in [0.2, 0.25) is 5.95 Å². The molecule has 6 heteroatoms. The molecule has 0 amide bonds. The highest BCUT2D eigenvalue weighted by atomic mass is 79.9. The topological polar surface area (TPSA) is 54.2 Å². The van der Waals surface area contributed by atoms with Crippen LogP contribution >= 0.6 is 15.9 Å². The van der Waals surface area contributed by atoms with Gasteiger partial charge in [-0.05, 0) is 41.9 Å². The lowest BCUT2D eigenvalue weighted by Gasteiger charge is -2.22. The molecule has 2 heterocycles. The summed E-state index contributed by atoms with van der Waals surface area (Å²) in [7, 11) is 0. The third kappa shape index (κ3) is 3.47. The standard InChI is InChI=1S/C13H17BrN4O/c1-3-15-13-16-8-11(14)12(17-13)18(4-2)9-10-6-5-7-19-10/h5-8H,3-4,9H2,1-2H3,(H,15,16,17). The van der Waals surface area contributed by atoms with E-state index >= 15 is 0 Å². The molecular weight excluding hydrogens is 308 g/mol. The minimum atomic E-state index is 0.638. The van der Waals surface area contributed by atoms with Gasteiger partial charge in [0.05, 0.1) is 17.3 Å². The van der Waals surface area contributed by atoms with Crippen molar-refractivity contribution in [1.29, 1.82) is 0 Å². The highest BCUT2D eigenvalue weighted by Gasteiger charge is 2.13. The minimum absolute atomic E-state index is 0.638. The van der Waals surface area contributed by atoms with Gasteiger partial charge in [0, 0.05) is 19.3 Å². The average Bonchev–Trinajstić information content (AvgIpc) is 2.92. The number of aromatic nitrogens is 2. The highest BCUT2D eigenvalue weighted by molar-refractivity contribution is 9.10. The van der Waals surface area contributed by atoms with Crippen molar-refractivity contribution >= 4 is 27.7 Å². The smallest absolute Gasteiger partial charge is 0.224 e. The van der Waals surface area contributed by atoms with E-state index in [9.17, 15) is 0 Å². The zero-order valence-electron chi connectivity index (χ0n) is 11.1. The van der Waals surface area contributed by atoms with Gasteiger partial charge in [0.1, 0.15) is 11.6 Å². The molecule has 2 rings (SSSR count). The molecule has 0 aromatic carbocycles. The lowest BCUT2D eigenvalue weighted by atomic mass is 10.4. The van der Waals surface area contributed by atoms with Crippen molar-refractivity contribution in [3.05, 3.63) is 34.8 Å². The molecule has 0 radical (unpaired) electrons. The van der Waals surface area contributed by atoms with E-state index in [0.29, 0.717) is 12.5 Å². The SMILES string of the molecule is CCNc1ncc(Br)c(N(CC)Cc2ccco2)n1. The lowest BCUT2D eigenvalue weighted by Crippen LogP contribution is -2.24. The predicted octanol–water partition coefficient (Wildman–Crippen LogP) is 3.29. The third-order valence-electron chi connectivity index (χ3n) is 2.67. The Kier molecular flexibility index (Phi) is 4.79. The van der Waals surface area contributed by atoms with E-state index in [1.54, 1.807) is 12.5 Å². The second-order valence-corrected chi connectivity index (χ2v) is 4.84. The first-order chi connectivity index (χ1) is 9.24. The van der Waals surface area contributed by atoms with Crippen LogP contribution in [0.15, 0.2) is 33.5 Å². The molecule has 2 aromatic rings. The molecule has 5 nitrogen and oxygen atoms in total. The van der Waals surface area contributed by atoms with Crippen molar-refractivity contribution in [3.63, 3.8) is 0 Å². The summed E-state index contributed by atoms with van der Waals surface area (Å²) in [6.45, 7) is 6.42. The molecule has 0 atom stereocenters. The van der Waals surface area contributed by atoms with Gasteiger partial charge in [-0.15, -0.1) is 0 Å². The van der Waals surface area contributed by atoms with Gasteiger partial charge in [-0.2, -0.15) is 4.98 Å². The molecule has 0 aliphatic rings. The van der Waals surface area contributed by atoms with E-state index in [1.165, 1.54) is 0 Å². The van der Waals surface area contributed by atoms with Crippen molar-refractivity contribution < 1.29 is 4.42 Å². The van der Waals surface area contributed by atoms with E-state index in [-0.39, 0.29) is 0 Å². The number of furan rings is 1. The van der Waals surface area contributed by atoms with Crippen LogP contribution in [0.3, 0.4) is 0 Å². The van der Waals surface area contributed by atoms with Crippen molar-refractivity contribution in [2.75, 3.05) is 23.3 Å². The summed E-state index contributed by atoms with van der Waals surface area (Å²) in [6, 6.07) is 3.85. The van der Waals surface area contributed by atoms with Crippen molar-refractivity contribution in [3.8, 4) is 0 Å². The maximum atomic E-state index is 5.39. The molecule has 0 aliphatic heterocycles. The summed E-state index contributed by atoms with van der Waals surface area (Å²) in [5.41, 5.74) is 0. The number of halogens is 1. The zero-order valence-corrected chi connectivity index (χ0v) is 12.6. The number of rotatable bonds is 6. The maximum Gasteiger partial charge on any atom is 0.224 e.